The molecule has 0 unspecified atom stereocenters. The van der Waals surface area contributed by atoms with E-state index in [4.69, 9.17) is 4.74 Å². The highest BCUT2D eigenvalue weighted by atomic mass is 79.9. The number of nitrogens with one attached hydrogen (secondary N) is 1. The molecule has 0 saturated heterocycles. The standard InChI is InChI=1S/C20H19BrN2O2S/c1-13-4-3-5-17(8-13)25-11-20-22-16(12-26-20)10-19(24)23-18-7-6-15(21)9-14(18)2/h3-9,12H,10-11H2,1-2H3,(H,23,24). The molecule has 0 spiro atoms. The lowest BCUT2D eigenvalue weighted by molar-refractivity contribution is -0.115. The second-order valence-electron chi connectivity index (χ2n) is 6.02. The van der Waals surface area contributed by atoms with Crippen molar-refractivity contribution in [1.29, 1.82) is 0 Å². The van der Waals surface area contributed by atoms with Gasteiger partial charge in [0.1, 0.15) is 17.4 Å². The van der Waals surface area contributed by atoms with E-state index in [2.05, 4.69) is 26.2 Å². The summed E-state index contributed by atoms with van der Waals surface area (Å²) in [5, 5.41) is 5.69. The van der Waals surface area contributed by atoms with Gasteiger partial charge in [0.05, 0.1) is 12.1 Å². The maximum absolute atomic E-state index is 12.3. The third-order valence-corrected chi connectivity index (χ3v) is 5.12. The van der Waals surface area contributed by atoms with E-state index in [1.54, 1.807) is 0 Å². The van der Waals surface area contributed by atoms with Gasteiger partial charge in [-0.2, -0.15) is 0 Å². The number of carbonyl (C=O) groups excluding carboxylic acids is 1. The molecular formula is C20H19BrN2O2S. The Kier molecular flexibility index (Phi) is 6.06. The SMILES string of the molecule is Cc1cccc(OCc2nc(CC(=O)Nc3ccc(Br)cc3C)cs2)c1. The molecule has 26 heavy (non-hydrogen) atoms. The molecule has 0 atom stereocenters. The number of carbonyl (C=O) groups is 1. The van der Waals surface area contributed by atoms with Crippen LogP contribution in [0.4, 0.5) is 5.69 Å². The second-order valence-corrected chi connectivity index (χ2v) is 7.88. The van der Waals surface area contributed by atoms with Crippen LogP contribution in [0.25, 0.3) is 0 Å². The molecule has 2 aromatic carbocycles. The summed E-state index contributed by atoms with van der Waals surface area (Å²) in [5.41, 5.74) is 3.74. The first-order valence-corrected chi connectivity index (χ1v) is 9.85. The average molecular weight is 431 g/mol. The largest absolute Gasteiger partial charge is 0.486 e. The number of ether oxygens (including phenoxy) is 1. The number of aromatic nitrogens is 1. The minimum absolute atomic E-state index is 0.0770. The minimum Gasteiger partial charge on any atom is -0.486 e. The molecular weight excluding hydrogens is 412 g/mol. The Bertz CT molecular complexity index is 924. The van der Waals surface area contributed by atoms with E-state index in [0.717, 1.165) is 37.7 Å². The van der Waals surface area contributed by atoms with E-state index in [1.165, 1.54) is 11.3 Å². The van der Waals surface area contributed by atoms with E-state index < -0.39 is 0 Å². The monoisotopic (exact) mass is 430 g/mol. The van der Waals surface area contributed by atoms with Crippen molar-refractivity contribution in [3.05, 3.63) is 74.1 Å². The molecule has 3 aromatic rings. The topological polar surface area (TPSA) is 51.2 Å². The first-order valence-electron chi connectivity index (χ1n) is 8.18. The summed E-state index contributed by atoms with van der Waals surface area (Å²) in [7, 11) is 0. The van der Waals surface area contributed by atoms with Crippen molar-refractivity contribution in [2.75, 3.05) is 5.32 Å². The Labute approximate surface area is 165 Å². The van der Waals surface area contributed by atoms with Crippen LogP contribution in [0.15, 0.2) is 52.3 Å². The number of halogens is 1. The van der Waals surface area contributed by atoms with Crippen molar-refractivity contribution in [2.24, 2.45) is 0 Å². The molecule has 6 heteroatoms. The number of aryl methyl sites for hydroxylation is 2. The van der Waals surface area contributed by atoms with Gasteiger partial charge in [0.2, 0.25) is 5.91 Å². The fourth-order valence-corrected chi connectivity index (χ4v) is 3.65. The van der Waals surface area contributed by atoms with Gasteiger partial charge in [-0.15, -0.1) is 11.3 Å². The fraction of sp³-hybridized carbons (Fsp3) is 0.200. The highest BCUT2D eigenvalue weighted by Gasteiger charge is 2.10. The molecule has 0 aliphatic carbocycles. The van der Waals surface area contributed by atoms with Crippen LogP contribution in [0.2, 0.25) is 0 Å². The number of rotatable bonds is 6. The number of benzene rings is 2. The summed E-state index contributed by atoms with van der Waals surface area (Å²) < 4.78 is 6.75. The highest BCUT2D eigenvalue weighted by Crippen LogP contribution is 2.21. The van der Waals surface area contributed by atoms with Gasteiger partial charge in [0, 0.05) is 15.5 Å². The molecule has 0 bridgehead atoms. The van der Waals surface area contributed by atoms with E-state index in [9.17, 15) is 4.79 Å². The average Bonchev–Trinajstić information content (AvgIpc) is 3.03. The molecule has 1 heterocycles. The molecule has 0 aliphatic rings. The number of hydrogen-bond donors (Lipinski definition) is 1. The zero-order chi connectivity index (χ0) is 18.5. The lowest BCUT2D eigenvalue weighted by Crippen LogP contribution is -2.15. The summed E-state index contributed by atoms with van der Waals surface area (Å²) in [6.07, 6.45) is 0.246. The van der Waals surface area contributed by atoms with Crippen LogP contribution in [0.5, 0.6) is 5.75 Å². The van der Waals surface area contributed by atoms with Crippen molar-refractivity contribution in [1.82, 2.24) is 4.98 Å². The Morgan fingerprint density at radius 2 is 2.08 bits per heavy atom. The van der Waals surface area contributed by atoms with Crippen LogP contribution >= 0.6 is 27.3 Å². The smallest absolute Gasteiger partial charge is 0.230 e. The van der Waals surface area contributed by atoms with E-state index in [1.807, 2.05) is 61.7 Å². The predicted molar refractivity (Wildman–Crippen MR) is 109 cm³/mol. The molecule has 0 fully saturated rings. The first-order chi connectivity index (χ1) is 12.5. The van der Waals surface area contributed by atoms with Crippen molar-refractivity contribution in [3.63, 3.8) is 0 Å². The lowest BCUT2D eigenvalue weighted by Gasteiger charge is -2.08. The van der Waals surface area contributed by atoms with Crippen LogP contribution < -0.4 is 10.1 Å². The minimum atomic E-state index is -0.0770. The van der Waals surface area contributed by atoms with Gasteiger partial charge in [-0.05, 0) is 55.3 Å². The zero-order valence-electron chi connectivity index (χ0n) is 14.6. The molecule has 1 amide bonds. The summed E-state index contributed by atoms with van der Waals surface area (Å²) in [4.78, 5) is 16.7. The number of amides is 1. The van der Waals surface area contributed by atoms with Gasteiger partial charge in [-0.3, -0.25) is 4.79 Å². The number of anilines is 1. The van der Waals surface area contributed by atoms with E-state index >= 15 is 0 Å². The van der Waals surface area contributed by atoms with Crippen LogP contribution in [-0.4, -0.2) is 10.9 Å². The first kappa shape index (κ1) is 18.6. The molecule has 4 nitrogen and oxygen atoms in total. The zero-order valence-corrected chi connectivity index (χ0v) is 17.0. The lowest BCUT2D eigenvalue weighted by atomic mass is 10.2. The summed E-state index contributed by atoms with van der Waals surface area (Å²) in [5.74, 6) is 0.747. The molecule has 3 rings (SSSR count). The van der Waals surface area contributed by atoms with Crippen molar-refractivity contribution in [3.8, 4) is 5.75 Å². The maximum atomic E-state index is 12.3. The Morgan fingerprint density at radius 3 is 2.85 bits per heavy atom. The number of nitrogens with zero attached hydrogens (tertiary/aromatic N) is 1. The van der Waals surface area contributed by atoms with E-state index in [-0.39, 0.29) is 12.3 Å². The maximum Gasteiger partial charge on any atom is 0.230 e. The van der Waals surface area contributed by atoms with Crippen LogP contribution in [-0.2, 0) is 17.8 Å². The quantitative estimate of drug-likeness (QED) is 0.578. The van der Waals surface area contributed by atoms with Gasteiger partial charge < -0.3 is 10.1 Å². The van der Waals surface area contributed by atoms with Crippen LogP contribution in [0.1, 0.15) is 21.8 Å². The van der Waals surface area contributed by atoms with Gasteiger partial charge >= 0.3 is 0 Å². The van der Waals surface area contributed by atoms with Crippen LogP contribution in [0, 0.1) is 13.8 Å². The van der Waals surface area contributed by atoms with Gasteiger partial charge in [0.15, 0.2) is 0 Å². The summed E-state index contributed by atoms with van der Waals surface area (Å²) >= 11 is 4.93. The third kappa shape index (κ3) is 5.16. The van der Waals surface area contributed by atoms with Crippen molar-refractivity contribution in [2.45, 2.75) is 26.9 Å². The van der Waals surface area contributed by atoms with E-state index in [0.29, 0.717) is 6.61 Å². The summed E-state index contributed by atoms with van der Waals surface area (Å²) in [6, 6.07) is 13.7. The Balaban J connectivity index is 1.55. The summed E-state index contributed by atoms with van der Waals surface area (Å²) in [6.45, 7) is 4.39. The third-order valence-electron chi connectivity index (χ3n) is 3.76. The normalized spacial score (nSPS) is 10.6. The van der Waals surface area contributed by atoms with Crippen molar-refractivity contribution < 1.29 is 9.53 Å². The van der Waals surface area contributed by atoms with Gasteiger partial charge in [0.25, 0.3) is 0 Å². The fourth-order valence-electron chi connectivity index (χ4n) is 2.47. The predicted octanol–water partition coefficient (Wildman–Crippen LogP) is 5.28. The Morgan fingerprint density at radius 1 is 1.23 bits per heavy atom. The van der Waals surface area contributed by atoms with Gasteiger partial charge in [-0.1, -0.05) is 28.1 Å². The molecule has 134 valence electrons. The molecule has 1 N–H and O–H groups in total. The molecule has 0 saturated carbocycles. The van der Waals surface area contributed by atoms with Crippen LogP contribution in [0.3, 0.4) is 0 Å². The van der Waals surface area contributed by atoms with Gasteiger partial charge in [-0.25, -0.2) is 4.98 Å². The Hall–Kier alpha value is -2.18. The number of hydrogen-bond acceptors (Lipinski definition) is 4. The number of thiazole rings is 1. The molecule has 0 aliphatic heterocycles. The molecule has 1 aromatic heterocycles. The highest BCUT2D eigenvalue weighted by molar-refractivity contribution is 9.10. The van der Waals surface area contributed by atoms with Crippen molar-refractivity contribution >= 4 is 38.9 Å². The second kappa shape index (κ2) is 8.47. The molecule has 0 radical (unpaired) electrons.